The number of hydrogen-bond donors (Lipinski definition) is 0. The Hall–Kier alpha value is -0.920. The van der Waals surface area contributed by atoms with Gasteiger partial charge in [0.05, 0.1) is 22.8 Å². The van der Waals surface area contributed by atoms with E-state index >= 15 is 0 Å². The lowest BCUT2D eigenvalue weighted by Gasteiger charge is -2.07. The van der Waals surface area contributed by atoms with Crippen LogP contribution in [0.4, 0.5) is 0 Å². The molecule has 0 atom stereocenters. The van der Waals surface area contributed by atoms with E-state index < -0.39 is 0 Å². The molecular weight excluding hydrogens is 172 g/mol. The maximum absolute atomic E-state index is 4.58. The van der Waals surface area contributed by atoms with Gasteiger partial charge in [0.1, 0.15) is 0 Å². The second kappa shape index (κ2) is 5.08. The topological polar surface area (TPSA) is 25.8 Å². The summed E-state index contributed by atoms with van der Waals surface area (Å²) < 4.78 is 0. The van der Waals surface area contributed by atoms with E-state index in [4.69, 9.17) is 0 Å². The van der Waals surface area contributed by atoms with Crippen molar-refractivity contribution in [3.8, 4) is 0 Å². The average molecular weight is 192 g/mol. The first-order chi connectivity index (χ1) is 6.65. The molecule has 1 rings (SSSR count). The zero-order valence-electron chi connectivity index (χ0n) is 9.72. The molecule has 1 aromatic heterocycles. The molecule has 14 heavy (non-hydrogen) atoms. The SMILES string of the molecule is CCCCCc1nc(C)c(C)nc1C. The van der Waals surface area contributed by atoms with Crippen molar-refractivity contribution in [2.24, 2.45) is 0 Å². The second-order valence-electron chi connectivity index (χ2n) is 3.88. The molecule has 0 aliphatic rings. The fourth-order valence-electron chi connectivity index (χ4n) is 1.54. The van der Waals surface area contributed by atoms with E-state index in [1.54, 1.807) is 0 Å². The molecule has 2 heteroatoms. The van der Waals surface area contributed by atoms with Gasteiger partial charge in [-0.3, -0.25) is 9.97 Å². The van der Waals surface area contributed by atoms with Gasteiger partial charge >= 0.3 is 0 Å². The number of unbranched alkanes of at least 4 members (excludes halogenated alkanes) is 2. The Morgan fingerprint density at radius 1 is 0.857 bits per heavy atom. The predicted octanol–water partition coefficient (Wildman–Crippen LogP) is 3.13. The summed E-state index contributed by atoms with van der Waals surface area (Å²) in [6.45, 7) is 8.33. The largest absolute Gasteiger partial charge is 0.255 e. The molecule has 0 fully saturated rings. The van der Waals surface area contributed by atoms with Crippen LogP contribution in [-0.2, 0) is 6.42 Å². The Labute approximate surface area is 86.8 Å². The highest BCUT2D eigenvalue weighted by atomic mass is 14.8. The summed E-state index contributed by atoms with van der Waals surface area (Å²) in [7, 11) is 0. The van der Waals surface area contributed by atoms with E-state index in [1.165, 1.54) is 25.0 Å². The molecule has 0 aliphatic heterocycles. The molecule has 0 radical (unpaired) electrons. The van der Waals surface area contributed by atoms with Crippen molar-refractivity contribution < 1.29 is 0 Å². The zero-order valence-corrected chi connectivity index (χ0v) is 9.72. The van der Waals surface area contributed by atoms with Gasteiger partial charge in [0.2, 0.25) is 0 Å². The molecule has 0 N–H and O–H groups in total. The quantitative estimate of drug-likeness (QED) is 0.685. The van der Waals surface area contributed by atoms with Crippen molar-refractivity contribution in [1.82, 2.24) is 9.97 Å². The van der Waals surface area contributed by atoms with Crippen LogP contribution in [0, 0.1) is 20.8 Å². The number of aryl methyl sites for hydroxylation is 4. The highest BCUT2D eigenvalue weighted by Gasteiger charge is 2.04. The van der Waals surface area contributed by atoms with E-state index in [9.17, 15) is 0 Å². The minimum Gasteiger partial charge on any atom is -0.255 e. The smallest absolute Gasteiger partial charge is 0.0619 e. The summed E-state index contributed by atoms with van der Waals surface area (Å²) in [5, 5.41) is 0. The maximum atomic E-state index is 4.58. The summed E-state index contributed by atoms with van der Waals surface area (Å²) in [5.41, 5.74) is 4.41. The number of rotatable bonds is 4. The van der Waals surface area contributed by atoms with Gasteiger partial charge in [0.15, 0.2) is 0 Å². The Morgan fingerprint density at radius 3 is 2.14 bits per heavy atom. The number of nitrogens with zero attached hydrogens (tertiary/aromatic N) is 2. The molecule has 0 saturated carbocycles. The Balaban J connectivity index is 2.72. The van der Waals surface area contributed by atoms with Crippen LogP contribution >= 0.6 is 0 Å². The molecule has 2 nitrogen and oxygen atoms in total. The first-order valence-corrected chi connectivity index (χ1v) is 5.46. The number of aromatic nitrogens is 2. The zero-order chi connectivity index (χ0) is 10.6. The van der Waals surface area contributed by atoms with E-state index in [1.807, 2.05) is 13.8 Å². The fraction of sp³-hybridized carbons (Fsp3) is 0.667. The molecule has 0 aromatic carbocycles. The van der Waals surface area contributed by atoms with E-state index in [2.05, 4.69) is 23.8 Å². The third kappa shape index (κ3) is 2.79. The first kappa shape index (κ1) is 11.2. The molecule has 0 saturated heterocycles. The van der Waals surface area contributed by atoms with Crippen LogP contribution in [-0.4, -0.2) is 9.97 Å². The molecule has 78 valence electrons. The van der Waals surface area contributed by atoms with Crippen LogP contribution in [0.25, 0.3) is 0 Å². The Bertz CT molecular complexity index is 305. The lowest BCUT2D eigenvalue weighted by atomic mass is 10.1. The third-order valence-electron chi connectivity index (χ3n) is 2.60. The molecule has 0 amide bonds. The fourth-order valence-corrected chi connectivity index (χ4v) is 1.54. The molecule has 1 heterocycles. The molecule has 0 aliphatic carbocycles. The van der Waals surface area contributed by atoms with Gasteiger partial charge in [-0.25, -0.2) is 0 Å². The third-order valence-corrected chi connectivity index (χ3v) is 2.60. The lowest BCUT2D eigenvalue weighted by Crippen LogP contribution is -2.02. The summed E-state index contributed by atoms with van der Waals surface area (Å²) in [4.78, 5) is 9.07. The van der Waals surface area contributed by atoms with Gasteiger partial charge in [-0.05, 0) is 33.6 Å². The van der Waals surface area contributed by atoms with Crippen molar-refractivity contribution in [2.75, 3.05) is 0 Å². The van der Waals surface area contributed by atoms with Crippen molar-refractivity contribution >= 4 is 0 Å². The van der Waals surface area contributed by atoms with Gasteiger partial charge in [0.25, 0.3) is 0 Å². The summed E-state index contributed by atoms with van der Waals surface area (Å²) >= 11 is 0. The summed E-state index contributed by atoms with van der Waals surface area (Å²) in [5.74, 6) is 0. The standard InChI is InChI=1S/C12H20N2/c1-5-6-7-8-12-11(4)13-9(2)10(3)14-12/h5-8H2,1-4H3. The first-order valence-electron chi connectivity index (χ1n) is 5.46. The molecule has 0 unspecified atom stereocenters. The van der Waals surface area contributed by atoms with Gasteiger partial charge in [-0.15, -0.1) is 0 Å². The van der Waals surface area contributed by atoms with Crippen molar-refractivity contribution in [2.45, 2.75) is 53.4 Å². The molecule has 1 aromatic rings. The normalized spacial score (nSPS) is 10.6. The Kier molecular flexibility index (Phi) is 4.05. The predicted molar refractivity (Wildman–Crippen MR) is 59.5 cm³/mol. The van der Waals surface area contributed by atoms with Gasteiger partial charge in [-0.1, -0.05) is 19.8 Å². The van der Waals surface area contributed by atoms with Crippen LogP contribution in [0.5, 0.6) is 0 Å². The van der Waals surface area contributed by atoms with Crippen LogP contribution in [0.15, 0.2) is 0 Å². The minimum absolute atomic E-state index is 1.06. The second-order valence-corrected chi connectivity index (χ2v) is 3.88. The number of hydrogen-bond acceptors (Lipinski definition) is 2. The van der Waals surface area contributed by atoms with E-state index in [-0.39, 0.29) is 0 Å². The highest BCUT2D eigenvalue weighted by molar-refractivity contribution is 5.17. The minimum atomic E-state index is 1.06. The van der Waals surface area contributed by atoms with Crippen LogP contribution < -0.4 is 0 Å². The average Bonchev–Trinajstić information content (AvgIpc) is 2.14. The van der Waals surface area contributed by atoms with Crippen molar-refractivity contribution in [1.29, 1.82) is 0 Å². The van der Waals surface area contributed by atoms with E-state index in [0.717, 1.165) is 23.5 Å². The lowest BCUT2D eigenvalue weighted by molar-refractivity contribution is 0.697. The van der Waals surface area contributed by atoms with Crippen molar-refractivity contribution in [3.05, 3.63) is 22.8 Å². The van der Waals surface area contributed by atoms with Crippen LogP contribution in [0.2, 0.25) is 0 Å². The van der Waals surface area contributed by atoms with Crippen molar-refractivity contribution in [3.63, 3.8) is 0 Å². The highest BCUT2D eigenvalue weighted by Crippen LogP contribution is 2.10. The van der Waals surface area contributed by atoms with E-state index in [0.29, 0.717) is 0 Å². The molecule has 0 bridgehead atoms. The van der Waals surface area contributed by atoms with Gasteiger partial charge in [-0.2, -0.15) is 0 Å². The summed E-state index contributed by atoms with van der Waals surface area (Å²) in [6, 6.07) is 0. The van der Waals surface area contributed by atoms with Crippen LogP contribution in [0.3, 0.4) is 0 Å². The maximum Gasteiger partial charge on any atom is 0.0619 e. The van der Waals surface area contributed by atoms with Gasteiger partial charge < -0.3 is 0 Å². The summed E-state index contributed by atoms with van der Waals surface area (Å²) in [6.07, 6.45) is 4.85. The van der Waals surface area contributed by atoms with Gasteiger partial charge in [0, 0.05) is 0 Å². The molecular formula is C12H20N2. The molecule has 0 spiro atoms. The monoisotopic (exact) mass is 192 g/mol. The van der Waals surface area contributed by atoms with Crippen LogP contribution in [0.1, 0.15) is 49.0 Å². The Morgan fingerprint density at radius 2 is 1.50 bits per heavy atom.